The number of nitrogens with one attached hydrogen (secondary N) is 1. The van der Waals surface area contributed by atoms with E-state index in [1.165, 1.54) is 17.4 Å². The summed E-state index contributed by atoms with van der Waals surface area (Å²) in [5, 5.41) is 26.1. The fourth-order valence-corrected chi connectivity index (χ4v) is 3.18. The minimum absolute atomic E-state index is 0.0222. The lowest BCUT2D eigenvalue weighted by Gasteiger charge is -2.05. The van der Waals surface area contributed by atoms with E-state index in [9.17, 15) is 15.4 Å². The van der Waals surface area contributed by atoms with Crippen molar-refractivity contribution >= 4 is 27.7 Å². The van der Waals surface area contributed by atoms with E-state index in [0.29, 0.717) is 16.3 Å². The predicted molar refractivity (Wildman–Crippen MR) is 90.8 cm³/mol. The molecule has 1 heterocycles. The summed E-state index contributed by atoms with van der Waals surface area (Å²) in [6, 6.07) is 18.2. The van der Waals surface area contributed by atoms with Crippen LogP contribution in [0.15, 0.2) is 60.0 Å². The highest BCUT2D eigenvalue weighted by Gasteiger charge is 2.17. The van der Waals surface area contributed by atoms with Crippen molar-refractivity contribution < 1.29 is 4.92 Å². The van der Waals surface area contributed by atoms with Gasteiger partial charge in [0.25, 0.3) is 5.69 Å². The Morgan fingerprint density at radius 1 is 1.09 bits per heavy atom. The number of benzene rings is 2. The number of hydrogen-bond acceptors (Lipinski definition) is 5. The van der Waals surface area contributed by atoms with Gasteiger partial charge in [0, 0.05) is 17.0 Å². The summed E-state index contributed by atoms with van der Waals surface area (Å²) >= 11 is 1.35. The summed E-state index contributed by atoms with van der Waals surface area (Å²) in [6.45, 7) is 0. The molecule has 5 nitrogen and oxygen atoms in total. The Morgan fingerprint density at radius 3 is 2.48 bits per heavy atom. The van der Waals surface area contributed by atoms with Crippen LogP contribution in [0.1, 0.15) is 5.56 Å². The van der Waals surface area contributed by atoms with E-state index in [-0.39, 0.29) is 5.69 Å². The van der Waals surface area contributed by atoms with E-state index in [1.54, 1.807) is 18.2 Å². The average molecular weight is 321 g/mol. The van der Waals surface area contributed by atoms with Gasteiger partial charge in [-0.25, -0.2) is 0 Å². The SMILES string of the molecule is N#Cc1c(-c2ccccc2)csc1Nc1ccccc1[N+](=O)[O-]. The molecule has 6 heteroatoms. The van der Waals surface area contributed by atoms with Crippen LogP contribution in [-0.2, 0) is 0 Å². The topological polar surface area (TPSA) is 79.0 Å². The Labute approximate surface area is 136 Å². The minimum atomic E-state index is -0.444. The van der Waals surface area contributed by atoms with Crippen LogP contribution in [0, 0.1) is 21.4 Å². The second kappa shape index (κ2) is 6.30. The molecule has 0 spiro atoms. The fourth-order valence-electron chi connectivity index (χ4n) is 2.25. The summed E-state index contributed by atoms with van der Waals surface area (Å²) in [5.74, 6) is 0. The van der Waals surface area contributed by atoms with Crippen molar-refractivity contribution in [2.75, 3.05) is 5.32 Å². The molecular weight excluding hydrogens is 310 g/mol. The van der Waals surface area contributed by atoms with Crippen molar-refractivity contribution in [3.05, 3.63) is 75.7 Å². The first kappa shape index (κ1) is 14.8. The van der Waals surface area contributed by atoms with Crippen LogP contribution in [0.4, 0.5) is 16.4 Å². The first-order chi connectivity index (χ1) is 11.2. The van der Waals surface area contributed by atoms with Crippen LogP contribution in [0.3, 0.4) is 0 Å². The zero-order valence-corrected chi connectivity index (χ0v) is 12.7. The monoisotopic (exact) mass is 321 g/mol. The zero-order valence-electron chi connectivity index (χ0n) is 11.9. The number of hydrogen-bond donors (Lipinski definition) is 1. The summed E-state index contributed by atoms with van der Waals surface area (Å²) in [6.07, 6.45) is 0. The molecule has 3 rings (SSSR count). The van der Waals surface area contributed by atoms with Crippen LogP contribution in [-0.4, -0.2) is 4.92 Å². The molecule has 1 aromatic heterocycles. The molecule has 0 aliphatic heterocycles. The third-order valence-electron chi connectivity index (χ3n) is 3.34. The second-order valence-corrected chi connectivity index (χ2v) is 5.61. The first-order valence-electron chi connectivity index (χ1n) is 6.78. The fraction of sp³-hybridized carbons (Fsp3) is 0. The molecule has 0 aliphatic carbocycles. The van der Waals surface area contributed by atoms with E-state index in [1.807, 2.05) is 35.7 Å². The molecule has 0 bridgehead atoms. The van der Waals surface area contributed by atoms with Gasteiger partial charge >= 0.3 is 0 Å². The summed E-state index contributed by atoms with van der Waals surface area (Å²) < 4.78 is 0. The maximum atomic E-state index is 11.1. The third kappa shape index (κ3) is 2.91. The Kier molecular flexibility index (Phi) is 4.04. The Morgan fingerprint density at radius 2 is 1.78 bits per heavy atom. The molecule has 0 unspecified atom stereocenters. The van der Waals surface area contributed by atoms with E-state index < -0.39 is 4.92 Å². The van der Waals surface area contributed by atoms with Crippen molar-refractivity contribution in [3.8, 4) is 17.2 Å². The maximum absolute atomic E-state index is 11.1. The van der Waals surface area contributed by atoms with Crippen LogP contribution in [0.5, 0.6) is 0 Å². The Balaban J connectivity index is 2.02. The molecule has 0 amide bonds. The van der Waals surface area contributed by atoms with E-state index in [2.05, 4.69) is 11.4 Å². The number of thiophene rings is 1. The van der Waals surface area contributed by atoms with Crippen LogP contribution in [0.2, 0.25) is 0 Å². The van der Waals surface area contributed by atoms with Crippen molar-refractivity contribution in [2.24, 2.45) is 0 Å². The van der Waals surface area contributed by atoms with Gasteiger partial charge in [0.05, 0.1) is 10.5 Å². The molecule has 3 aromatic rings. The third-order valence-corrected chi connectivity index (χ3v) is 4.23. The average Bonchev–Trinajstić information content (AvgIpc) is 2.98. The molecule has 23 heavy (non-hydrogen) atoms. The maximum Gasteiger partial charge on any atom is 0.292 e. The molecule has 0 saturated heterocycles. The second-order valence-electron chi connectivity index (χ2n) is 4.73. The lowest BCUT2D eigenvalue weighted by Crippen LogP contribution is -1.96. The van der Waals surface area contributed by atoms with Gasteiger partial charge in [0.1, 0.15) is 16.8 Å². The van der Waals surface area contributed by atoms with Gasteiger partial charge in [-0.15, -0.1) is 11.3 Å². The molecular formula is C17H11N3O2S. The lowest BCUT2D eigenvalue weighted by molar-refractivity contribution is -0.383. The van der Waals surface area contributed by atoms with Crippen molar-refractivity contribution in [2.45, 2.75) is 0 Å². The van der Waals surface area contributed by atoms with Crippen molar-refractivity contribution in [1.29, 1.82) is 5.26 Å². The Hall–Kier alpha value is -3.17. The van der Waals surface area contributed by atoms with Gasteiger partial charge < -0.3 is 5.32 Å². The van der Waals surface area contributed by atoms with Gasteiger partial charge in [-0.05, 0) is 11.6 Å². The minimum Gasteiger partial charge on any atom is -0.341 e. The number of nitro groups is 1. The highest BCUT2D eigenvalue weighted by molar-refractivity contribution is 7.15. The van der Waals surface area contributed by atoms with Crippen LogP contribution < -0.4 is 5.32 Å². The lowest BCUT2D eigenvalue weighted by atomic mass is 10.1. The van der Waals surface area contributed by atoms with Crippen molar-refractivity contribution in [1.82, 2.24) is 0 Å². The number of para-hydroxylation sites is 2. The number of anilines is 2. The summed E-state index contributed by atoms with van der Waals surface area (Å²) in [4.78, 5) is 10.7. The standard InChI is InChI=1S/C17H11N3O2S/c18-10-13-14(12-6-2-1-3-7-12)11-23-17(13)19-15-8-4-5-9-16(15)20(21)22/h1-9,11,19H. The molecule has 112 valence electrons. The predicted octanol–water partition coefficient (Wildman–Crippen LogP) is 4.94. The van der Waals surface area contributed by atoms with Crippen LogP contribution in [0.25, 0.3) is 11.1 Å². The highest BCUT2D eigenvalue weighted by Crippen LogP contribution is 2.38. The molecule has 0 saturated carbocycles. The van der Waals surface area contributed by atoms with Gasteiger partial charge in [-0.2, -0.15) is 5.26 Å². The van der Waals surface area contributed by atoms with E-state index >= 15 is 0 Å². The largest absolute Gasteiger partial charge is 0.341 e. The normalized spacial score (nSPS) is 10.0. The summed E-state index contributed by atoms with van der Waals surface area (Å²) in [7, 11) is 0. The van der Waals surface area contributed by atoms with Crippen molar-refractivity contribution in [3.63, 3.8) is 0 Å². The number of nitriles is 1. The molecule has 0 radical (unpaired) electrons. The smallest absolute Gasteiger partial charge is 0.292 e. The highest BCUT2D eigenvalue weighted by atomic mass is 32.1. The quantitative estimate of drug-likeness (QED) is 0.545. The summed E-state index contributed by atoms with van der Waals surface area (Å²) in [5.41, 5.74) is 2.59. The van der Waals surface area contributed by atoms with Gasteiger partial charge in [0.15, 0.2) is 0 Å². The Bertz CT molecular complexity index is 898. The molecule has 2 aromatic carbocycles. The number of nitro benzene ring substituents is 1. The molecule has 0 atom stereocenters. The van der Waals surface area contributed by atoms with E-state index in [0.717, 1.165) is 11.1 Å². The molecule has 1 N–H and O–H groups in total. The van der Waals surface area contributed by atoms with E-state index in [4.69, 9.17) is 0 Å². The molecule has 0 fully saturated rings. The van der Waals surface area contributed by atoms with Gasteiger partial charge in [-0.3, -0.25) is 10.1 Å². The van der Waals surface area contributed by atoms with Gasteiger partial charge in [-0.1, -0.05) is 42.5 Å². The van der Waals surface area contributed by atoms with Crippen LogP contribution >= 0.6 is 11.3 Å². The molecule has 0 aliphatic rings. The first-order valence-corrected chi connectivity index (χ1v) is 7.66. The zero-order chi connectivity index (χ0) is 16.2. The number of nitrogens with zero attached hydrogens (tertiary/aromatic N) is 2. The van der Waals surface area contributed by atoms with Gasteiger partial charge in [0.2, 0.25) is 0 Å². The number of rotatable bonds is 4.